The normalized spacial score (nSPS) is 38.2. The van der Waals surface area contributed by atoms with Gasteiger partial charge in [0.2, 0.25) is 0 Å². The van der Waals surface area contributed by atoms with E-state index in [1.54, 1.807) is 0 Å². The average molecular weight is 114 g/mol. The van der Waals surface area contributed by atoms with Crippen molar-refractivity contribution in [3.63, 3.8) is 0 Å². The molecule has 1 aliphatic heterocycles. The van der Waals surface area contributed by atoms with E-state index in [1.165, 1.54) is 19.3 Å². The SMILES string of the molecule is C1CC(C2COO2)C1. The third-order valence-corrected chi connectivity index (χ3v) is 2.10. The van der Waals surface area contributed by atoms with Crippen molar-refractivity contribution in [3.05, 3.63) is 0 Å². The summed E-state index contributed by atoms with van der Waals surface area (Å²) >= 11 is 0. The maximum Gasteiger partial charge on any atom is 0.122 e. The Morgan fingerprint density at radius 1 is 1.25 bits per heavy atom. The highest BCUT2D eigenvalue weighted by atomic mass is 17.2. The Labute approximate surface area is 48.7 Å². The molecule has 0 aromatic heterocycles. The van der Waals surface area contributed by atoms with E-state index < -0.39 is 0 Å². The molecule has 2 aliphatic rings. The van der Waals surface area contributed by atoms with E-state index in [-0.39, 0.29) is 0 Å². The Bertz CT molecular complexity index is 72.5. The van der Waals surface area contributed by atoms with E-state index in [0.717, 1.165) is 12.5 Å². The number of hydrogen-bond donors (Lipinski definition) is 0. The first kappa shape index (κ1) is 4.77. The van der Waals surface area contributed by atoms with Crippen LogP contribution >= 0.6 is 0 Å². The van der Waals surface area contributed by atoms with E-state index in [2.05, 4.69) is 4.89 Å². The number of rotatable bonds is 1. The molecule has 8 heavy (non-hydrogen) atoms. The van der Waals surface area contributed by atoms with Crippen LogP contribution < -0.4 is 0 Å². The standard InChI is InChI=1S/C6H10O2/c1-2-5(3-1)6-4-7-8-6/h5-6H,1-4H2. The van der Waals surface area contributed by atoms with Crippen LogP contribution in [0.25, 0.3) is 0 Å². The van der Waals surface area contributed by atoms with Crippen LogP contribution in [0.2, 0.25) is 0 Å². The smallest absolute Gasteiger partial charge is 0.122 e. The molecular weight excluding hydrogens is 104 g/mol. The minimum atomic E-state index is 0.462. The summed E-state index contributed by atoms with van der Waals surface area (Å²) in [6, 6.07) is 0. The summed E-state index contributed by atoms with van der Waals surface area (Å²) in [7, 11) is 0. The first-order valence-corrected chi connectivity index (χ1v) is 3.25. The second kappa shape index (κ2) is 1.71. The van der Waals surface area contributed by atoms with E-state index in [4.69, 9.17) is 4.89 Å². The average Bonchev–Trinajstić information content (AvgIpc) is 1.47. The van der Waals surface area contributed by atoms with Crippen LogP contribution in [0.1, 0.15) is 19.3 Å². The maximum absolute atomic E-state index is 4.83. The minimum absolute atomic E-state index is 0.462. The van der Waals surface area contributed by atoms with Gasteiger partial charge in [-0.2, -0.15) is 0 Å². The lowest BCUT2D eigenvalue weighted by Crippen LogP contribution is -2.40. The summed E-state index contributed by atoms with van der Waals surface area (Å²) in [6.07, 6.45) is 4.57. The van der Waals surface area contributed by atoms with Crippen LogP contribution in [0.5, 0.6) is 0 Å². The van der Waals surface area contributed by atoms with Crippen LogP contribution in [0, 0.1) is 5.92 Å². The fourth-order valence-corrected chi connectivity index (χ4v) is 1.17. The van der Waals surface area contributed by atoms with Crippen molar-refractivity contribution in [1.82, 2.24) is 0 Å². The van der Waals surface area contributed by atoms with Crippen LogP contribution in [-0.2, 0) is 9.78 Å². The maximum atomic E-state index is 4.83. The molecule has 0 spiro atoms. The fourth-order valence-electron chi connectivity index (χ4n) is 1.17. The summed E-state index contributed by atoms with van der Waals surface area (Å²) in [5.41, 5.74) is 0. The Hall–Kier alpha value is -0.0800. The molecule has 0 aromatic rings. The lowest BCUT2D eigenvalue weighted by Gasteiger charge is -2.37. The molecule has 2 fully saturated rings. The molecule has 1 saturated carbocycles. The van der Waals surface area contributed by atoms with Gasteiger partial charge in [-0.15, -0.1) is 0 Å². The van der Waals surface area contributed by atoms with Crippen molar-refractivity contribution in [3.8, 4) is 0 Å². The van der Waals surface area contributed by atoms with Crippen molar-refractivity contribution in [2.75, 3.05) is 6.61 Å². The second-order valence-corrected chi connectivity index (χ2v) is 2.61. The molecule has 0 aromatic carbocycles. The molecule has 2 nitrogen and oxygen atoms in total. The predicted octanol–water partition coefficient (Wildman–Crippen LogP) is 1.12. The zero-order chi connectivity index (χ0) is 5.40. The van der Waals surface area contributed by atoms with Gasteiger partial charge in [0.25, 0.3) is 0 Å². The highest BCUT2D eigenvalue weighted by molar-refractivity contribution is 4.78. The molecule has 0 N–H and O–H groups in total. The topological polar surface area (TPSA) is 18.5 Å². The number of hydrogen-bond acceptors (Lipinski definition) is 2. The van der Waals surface area contributed by atoms with Gasteiger partial charge in [-0.1, -0.05) is 6.42 Å². The van der Waals surface area contributed by atoms with Gasteiger partial charge in [0, 0.05) is 0 Å². The largest absolute Gasteiger partial charge is 0.233 e. The highest BCUT2D eigenvalue weighted by Gasteiger charge is 2.34. The van der Waals surface area contributed by atoms with Crippen molar-refractivity contribution >= 4 is 0 Å². The molecule has 2 rings (SSSR count). The molecular formula is C6H10O2. The Morgan fingerprint density at radius 2 is 2.00 bits per heavy atom. The molecule has 0 bridgehead atoms. The van der Waals surface area contributed by atoms with Gasteiger partial charge in [0.1, 0.15) is 12.7 Å². The molecule has 46 valence electrons. The Morgan fingerprint density at radius 3 is 2.12 bits per heavy atom. The predicted molar refractivity (Wildman–Crippen MR) is 28.2 cm³/mol. The Kier molecular flexibility index (Phi) is 1.02. The minimum Gasteiger partial charge on any atom is -0.233 e. The lowest BCUT2D eigenvalue weighted by molar-refractivity contribution is -0.438. The van der Waals surface area contributed by atoms with Gasteiger partial charge < -0.3 is 0 Å². The molecule has 1 unspecified atom stereocenters. The quantitative estimate of drug-likeness (QED) is 0.475. The van der Waals surface area contributed by atoms with E-state index in [9.17, 15) is 0 Å². The highest BCUT2D eigenvalue weighted by Crippen LogP contribution is 2.34. The van der Waals surface area contributed by atoms with Gasteiger partial charge in [-0.25, -0.2) is 9.78 Å². The monoisotopic (exact) mass is 114 g/mol. The van der Waals surface area contributed by atoms with Gasteiger partial charge in [-0.05, 0) is 18.8 Å². The molecule has 0 amide bonds. The molecule has 1 atom stereocenters. The van der Waals surface area contributed by atoms with E-state index in [0.29, 0.717) is 6.10 Å². The fraction of sp³-hybridized carbons (Fsp3) is 1.00. The zero-order valence-corrected chi connectivity index (χ0v) is 4.80. The van der Waals surface area contributed by atoms with Crippen molar-refractivity contribution in [1.29, 1.82) is 0 Å². The summed E-state index contributed by atoms with van der Waals surface area (Å²) in [4.78, 5) is 9.43. The molecule has 1 heterocycles. The van der Waals surface area contributed by atoms with Gasteiger partial charge in [-0.3, -0.25) is 0 Å². The second-order valence-electron chi connectivity index (χ2n) is 2.61. The summed E-state index contributed by atoms with van der Waals surface area (Å²) in [5, 5.41) is 0. The first-order valence-electron chi connectivity index (χ1n) is 3.25. The Balaban J connectivity index is 1.79. The van der Waals surface area contributed by atoms with E-state index >= 15 is 0 Å². The first-order chi connectivity index (χ1) is 3.97. The molecule has 0 radical (unpaired) electrons. The van der Waals surface area contributed by atoms with Crippen LogP contribution in [-0.4, -0.2) is 12.7 Å². The third-order valence-electron chi connectivity index (χ3n) is 2.10. The summed E-state index contributed by atoms with van der Waals surface area (Å²) in [5.74, 6) is 0.837. The third kappa shape index (κ3) is 0.565. The van der Waals surface area contributed by atoms with Gasteiger partial charge in [0.05, 0.1) is 0 Å². The van der Waals surface area contributed by atoms with Crippen LogP contribution in [0.4, 0.5) is 0 Å². The zero-order valence-electron chi connectivity index (χ0n) is 4.80. The molecule has 1 aliphatic carbocycles. The van der Waals surface area contributed by atoms with Gasteiger partial charge in [0.15, 0.2) is 0 Å². The summed E-state index contributed by atoms with van der Waals surface area (Å²) < 4.78 is 0. The van der Waals surface area contributed by atoms with Crippen LogP contribution in [0.15, 0.2) is 0 Å². The van der Waals surface area contributed by atoms with Gasteiger partial charge >= 0.3 is 0 Å². The summed E-state index contributed by atoms with van der Waals surface area (Å²) in [6.45, 7) is 0.838. The van der Waals surface area contributed by atoms with Crippen molar-refractivity contribution in [2.45, 2.75) is 25.4 Å². The lowest BCUT2D eigenvalue weighted by atomic mass is 9.81. The molecule has 1 saturated heterocycles. The molecule has 2 heteroatoms. The van der Waals surface area contributed by atoms with Crippen LogP contribution in [0.3, 0.4) is 0 Å². The van der Waals surface area contributed by atoms with E-state index in [1.807, 2.05) is 0 Å². The van der Waals surface area contributed by atoms with Crippen molar-refractivity contribution < 1.29 is 9.78 Å². The van der Waals surface area contributed by atoms with Crippen molar-refractivity contribution in [2.24, 2.45) is 5.92 Å².